The van der Waals surface area contributed by atoms with Crippen LogP contribution in [0.3, 0.4) is 0 Å². The fourth-order valence-electron chi connectivity index (χ4n) is 3.86. The first-order chi connectivity index (χ1) is 11.5. The van der Waals surface area contributed by atoms with Gasteiger partial charge in [-0.25, -0.2) is 0 Å². The van der Waals surface area contributed by atoms with E-state index in [4.69, 9.17) is 9.47 Å². The number of carbonyl (C=O) groups is 1. The molecule has 1 unspecified atom stereocenters. The third-order valence-electron chi connectivity index (χ3n) is 5.14. The van der Waals surface area contributed by atoms with Crippen molar-refractivity contribution in [2.24, 2.45) is 5.41 Å². The van der Waals surface area contributed by atoms with E-state index < -0.39 is 5.41 Å². The van der Waals surface area contributed by atoms with E-state index in [9.17, 15) is 4.79 Å². The standard InChI is InChI=1S/C19H28N2O3.ClH/c1-18(2)12-15(14-6-4-5-7-16(14)24-18)21-17(22)19(13-23-3)8-10-20-11-9-19;/h4-7,15,20H,8-13H2,1-3H3,(H,21,22);1H. The minimum Gasteiger partial charge on any atom is -0.487 e. The van der Waals surface area contributed by atoms with Crippen molar-refractivity contribution < 1.29 is 14.3 Å². The van der Waals surface area contributed by atoms with Crippen molar-refractivity contribution >= 4 is 18.3 Å². The molecule has 1 atom stereocenters. The van der Waals surface area contributed by atoms with Gasteiger partial charge in [0.25, 0.3) is 0 Å². The van der Waals surface area contributed by atoms with Gasteiger partial charge in [0.15, 0.2) is 0 Å². The predicted molar refractivity (Wildman–Crippen MR) is 100 cm³/mol. The highest BCUT2D eigenvalue weighted by Gasteiger charge is 2.42. The second kappa shape index (κ2) is 7.94. The molecule has 0 aromatic heterocycles. The Bertz CT molecular complexity index is 595. The highest BCUT2D eigenvalue weighted by atomic mass is 35.5. The highest BCUT2D eigenvalue weighted by molar-refractivity contribution is 5.85. The summed E-state index contributed by atoms with van der Waals surface area (Å²) in [6.45, 7) is 6.31. The van der Waals surface area contributed by atoms with Crippen LogP contribution < -0.4 is 15.4 Å². The minimum atomic E-state index is -0.433. The lowest BCUT2D eigenvalue weighted by molar-refractivity contribution is -0.137. The van der Waals surface area contributed by atoms with Crippen LogP contribution in [0.2, 0.25) is 0 Å². The summed E-state index contributed by atoms with van der Waals surface area (Å²) in [5, 5.41) is 6.63. The summed E-state index contributed by atoms with van der Waals surface area (Å²) >= 11 is 0. The van der Waals surface area contributed by atoms with Crippen molar-refractivity contribution in [3.63, 3.8) is 0 Å². The van der Waals surface area contributed by atoms with Crippen LogP contribution in [0.1, 0.15) is 44.7 Å². The van der Waals surface area contributed by atoms with Crippen molar-refractivity contribution in [3.8, 4) is 5.75 Å². The van der Waals surface area contributed by atoms with Gasteiger partial charge in [0.1, 0.15) is 11.4 Å². The van der Waals surface area contributed by atoms with E-state index >= 15 is 0 Å². The number of rotatable bonds is 4. The molecule has 2 aliphatic rings. The van der Waals surface area contributed by atoms with Gasteiger partial charge in [-0.05, 0) is 45.8 Å². The lowest BCUT2D eigenvalue weighted by atomic mass is 9.78. The van der Waals surface area contributed by atoms with Crippen molar-refractivity contribution in [3.05, 3.63) is 29.8 Å². The SMILES string of the molecule is COCC1(C(=O)NC2CC(C)(C)Oc3ccccc32)CCNCC1.Cl. The fraction of sp³-hybridized carbons (Fsp3) is 0.632. The molecule has 0 spiro atoms. The lowest BCUT2D eigenvalue weighted by Gasteiger charge is -2.41. The maximum absolute atomic E-state index is 13.1. The average Bonchev–Trinajstić information content (AvgIpc) is 2.55. The van der Waals surface area contributed by atoms with Crippen molar-refractivity contribution in [2.45, 2.75) is 44.8 Å². The van der Waals surface area contributed by atoms with Gasteiger partial charge in [0.05, 0.1) is 18.1 Å². The van der Waals surface area contributed by atoms with E-state index in [1.165, 1.54) is 0 Å². The summed E-state index contributed by atoms with van der Waals surface area (Å²) in [4.78, 5) is 13.1. The Morgan fingerprint density at radius 1 is 1.32 bits per heavy atom. The number of para-hydroxylation sites is 1. The first-order valence-electron chi connectivity index (χ1n) is 8.74. The van der Waals surface area contributed by atoms with Gasteiger partial charge >= 0.3 is 0 Å². The monoisotopic (exact) mass is 368 g/mol. The molecule has 2 N–H and O–H groups in total. The number of nitrogens with one attached hydrogen (secondary N) is 2. The largest absolute Gasteiger partial charge is 0.487 e. The van der Waals surface area contributed by atoms with Gasteiger partial charge in [-0.15, -0.1) is 12.4 Å². The molecule has 1 aromatic rings. The summed E-state index contributed by atoms with van der Waals surface area (Å²) in [6.07, 6.45) is 2.37. The molecule has 1 amide bonds. The number of ether oxygens (including phenoxy) is 2. The zero-order valence-corrected chi connectivity index (χ0v) is 16.1. The van der Waals surface area contributed by atoms with E-state index in [2.05, 4.69) is 24.5 Å². The van der Waals surface area contributed by atoms with Crippen LogP contribution in [0.5, 0.6) is 5.75 Å². The molecular weight excluding hydrogens is 340 g/mol. The number of piperidine rings is 1. The van der Waals surface area contributed by atoms with Gasteiger partial charge in [-0.1, -0.05) is 18.2 Å². The number of halogens is 1. The summed E-state index contributed by atoms with van der Waals surface area (Å²) < 4.78 is 11.5. The molecule has 2 heterocycles. The Morgan fingerprint density at radius 2 is 2.00 bits per heavy atom. The third-order valence-corrected chi connectivity index (χ3v) is 5.14. The van der Waals surface area contributed by atoms with E-state index in [0.29, 0.717) is 6.61 Å². The summed E-state index contributed by atoms with van der Waals surface area (Å²) in [5.74, 6) is 0.966. The second-order valence-corrected chi connectivity index (χ2v) is 7.59. The molecule has 0 radical (unpaired) electrons. The van der Waals surface area contributed by atoms with Crippen molar-refractivity contribution in [2.75, 3.05) is 26.8 Å². The molecule has 2 aliphatic heterocycles. The van der Waals surface area contributed by atoms with E-state index in [1.807, 2.05) is 24.3 Å². The molecule has 140 valence electrons. The highest BCUT2D eigenvalue weighted by Crippen LogP contribution is 2.40. The average molecular weight is 369 g/mol. The first kappa shape index (κ1) is 20.0. The molecule has 0 saturated carbocycles. The Balaban J connectivity index is 0.00000225. The number of methoxy groups -OCH3 is 1. The Labute approximate surface area is 156 Å². The van der Waals surface area contributed by atoms with Gasteiger partial charge in [-0.2, -0.15) is 0 Å². The van der Waals surface area contributed by atoms with Gasteiger partial charge in [0, 0.05) is 19.1 Å². The number of carbonyl (C=O) groups excluding carboxylic acids is 1. The van der Waals surface area contributed by atoms with E-state index in [0.717, 1.165) is 43.7 Å². The van der Waals surface area contributed by atoms with Crippen LogP contribution >= 0.6 is 12.4 Å². The Morgan fingerprint density at radius 3 is 2.68 bits per heavy atom. The number of amides is 1. The van der Waals surface area contributed by atoms with Crippen molar-refractivity contribution in [1.82, 2.24) is 10.6 Å². The van der Waals surface area contributed by atoms with Crippen LogP contribution in [0.4, 0.5) is 0 Å². The quantitative estimate of drug-likeness (QED) is 0.858. The van der Waals surface area contributed by atoms with Crippen molar-refractivity contribution in [1.29, 1.82) is 0 Å². The number of fused-ring (bicyclic) bond motifs is 1. The maximum Gasteiger partial charge on any atom is 0.229 e. The molecular formula is C19H29ClN2O3. The van der Waals surface area contributed by atoms with Crippen LogP contribution in [0.25, 0.3) is 0 Å². The number of benzene rings is 1. The molecule has 5 nitrogen and oxygen atoms in total. The molecule has 1 aromatic carbocycles. The summed E-state index contributed by atoms with van der Waals surface area (Å²) in [5.41, 5.74) is 0.332. The Hall–Kier alpha value is -1.30. The first-order valence-corrected chi connectivity index (χ1v) is 8.74. The lowest BCUT2D eigenvalue weighted by Crippen LogP contribution is -2.52. The Kier molecular flexibility index (Phi) is 6.35. The molecule has 1 saturated heterocycles. The van der Waals surface area contributed by atoms with E-state index in [-0.39, 0.29) is 30.0 Å². The zero-order chi connectivity index (χ0) is 17.2. The molecule has 6 heteroatoms. The molecule has 3 rings (SSSR count). The molecule has 25 heavy (non-hydrogen) atoms. The van der Waals surface area contributed by atoms with E-state index in [1.54, 1.807) is 7.11 Å². The van der Waals surface area contributed by atoms with Gasteiger partial charge in [0.2, 0.25) is 5.91 Å². The normalized spacial score (nSPS) is 23.6. The van der Waals surface area contributed by atoms with Gasteiger partial charge in [-0.3, -0.25) is 4.79 Å². The zero-order valence-electron chi connectivity index (χ0n) is 15.3. The fourth-order valence-corrected chi connectivity index (χ4v) is 3.86. The molecule has 0 aliphatic carbocycles. The second-order valence-electron chi connectivity index (χ2n) is 7.59. The number of hydrogen-bond donors (Lipinski definition) is 2. The maximum atomic E-state index is 13.1. The smallest absolute Gasteiger partial charge is 0.229 e. The third kappa shape index (κ3) is 4.27. The van der Waals surface area contributed by atoms with Crippen LogP contribution in [0, 0.1) is 5.41 Å². The topological polar surface area (TPSA) is 59.6 Å². The van der Waals surface area contributed by atoms with Crippen LogP contribution in [-0.4, -0.2) is 38.3 Å². The molecule has 1 fully saturated rings. The molecule has 0 bridgehead atoms. The minimum absolute atomic E-state index is 0. The summed E-state index contributed by atoms with van der Waals surface area (Å²) in [6, 6.07) is 7.96. The summed E-state index contributed by atoms with van der Waals surface area (Å²) in [7, 11) is 1.67. The van der Waals surface area contributed by atoms with Crippen LogP contribution in [-0.2, 0) is 9.53 Å². The number of hydrogen-bond acceptors (Lipinski definition) is 4. The van der Waals surface area contributed by atoms with Gasteiger partial charge < -0.3 is 20.1 Å². The predicted octanol–water partition coefficient (Wildman–Crippen LogP) is 2.84. The van der Waals surface area contributed by atoms with Crippen LogP contribution in [0.15, 0.2) is 24.3 Å².